The van der Waals surface area contributed by atoms with Crippen molar-refractivity contribution in [3.05, 3.63) is 87.9 Å². The van der Waals surface area contributed by atoms with Crippen LogP contribution < -0.4 is 16.4 Å². The number of amides is 2. The van der Waals surface area contributed by atoms with E-state index < -0.39 is 23.2 Å². The summed E-state index contributed by atoms with van der Waals surface area (Å²) in [7, 11) is 0. The second-order valence-corrected chi connectivity index (χ2v) is 6.36. The summed E-state index contributed by atoms with van der Waals surface area (Å²) in [6.07, 6.45) is 1.27. The minimum atomic E-state index is -0.713. The molecule has 2 amide bonds. The van der Waals surface area contributed by atoms with Crippen LogP contribution in [0.15, 0.2) is 59.5 Å². The number of hydrogen-bond acceptors (Lipinski definition) is 5. The average Bonchev–Trinajstić information content (AvgIpc) is 3.14. The van der Waals surface area contributed by atoms with E-state index in [1.54, 1.807) is 43.3 Å². The second kappa shape index (κ2) is 7.59. The number of para-hydroxylation sites is 1. The Balaban J connectivity index is 1.54. The van der Waals surface area contributed by atoms with Crippen molar-refractivity contribution in [2.24, 2.45) is 0 Å². The first-order valence-corrected chi connectivity index (χ1v) is 8.85. The van der Waals surface area contributed by atoms with E-state index in [1.807, 2.05) is 0 Å². The van der Waals surface area contributed by atoms with Crippen molar-refractivity contribution in [2.75, 3.05) is 0 Å². The van der Waals surface area contributed by atoms with Gasteiger partial charge in [0.05, 0.1) is 22.8 Å². The van der Waals surface area contributed by atoms with Crippen molar-refractivity contribution < 1.29 is 14.0 Å². The third kappa shape index (κ3) is 3.30. The summed E-state index contributed by atoms with van der Waals surface area (Å²) >= 11 is 0. The van der Waals surface area contributed by atoms with Gasteiger partial charge in [-0.15, -0.1) is 0 Å². The van der Waals surface area contributed by atoms with Crippen LogP contribution in [-0.4, -0.2) is 31.8 Å². The minimum Gasteiger partial charge on any atom is -0.267 e. The highest BCUT2D eigenvalue weighted by Gasteiger charge is 2.19. The van der Waals surface area contributed by atoms with E-state index in [9.17, 15) is 18.8 Å². The highest BCUT2D eigenvalue weighted by molar-refractivity contribution is 6.06. The fourth-order valence-corrected chi connectivity index (χ4v) is 3.03. The van der Waals surface area contributed by atoms with Gasteiger partial charge in [0.2, 0.25) is 0 Å². The third-order valence-corrected chi connectivity index (χ3v) is 4.54. The number of benzene rings is 2. The van der Waals surface area contributed by atoms with Crippen LogP contribution >= 0.6 is 0 Å². The number of carbonyl (C=O) groups is 2. The van der Waals surface area contributed by atoms with Gasteiger partial charge in [0.1, 0.15) is 11.5 Å². The van der Waals surface area contributed by atoms with E-state index in [0.29, 0.717) is 16.5 Å². The number of nitrogens with zero attached hydrogens (tertiary/aromatic N) is 3. The summed E-state index contributed by atoms with van der Waals surface area (Å²) in [5, 5.41) is 10.7. The molecule has 10 heteroatoms. The Morgan fingerprint density at radius 3 is 2.43 bits per heavy atom. The van der Waals surface area contributed by atoms with E-state index in [1.165, 1.54) is 23.0 Å². The first-order chi connectivity index (χ1) is 14.5. The molecule has 0 unspecified atom stereocenters. The molecule has 4 rings (SSSR count). The van der Waals surface area contributed by atoms with Gasteiger partial charge >= 0.3 is 0 Å². The lowest BCUT2D eigenvalue weighted by molar-refractivity contribution is 0.0844. The first-order valence-electron chi connectivity index (χ1n) is 8.85. The van der Waals surface area contributed by atoms with Crippen LogP contribution in [0.4, 0.5) is 4.39 Å². The number of halogens is 1. The van der Waals surface area contributed by atoms with Crippen LogP contribution in [0, 0.1) is 12.7 Å². The SMILES string of the molecule is Cc1c(C(=O)NNC(=O)c2n[nH]c(=O)c3ccccc23)cnn1-c1ccccc1F. The molecule has 0 saturated heterocycles. The Kier molecular flexibility index (Phi) is 4.80. The van der Waals surface area contributed by atoms with E-state index in [2.05, 4.69) is 26.1 Å². The van der Waals surface area contributed by atoms with Crippen molar-refractivity contribution in [3.8, 4) is 5.69 Å². The average molecular weight is 406 g/mol. The molecular formula is C20H15FN6O3. The van der Waals surface area contributed by atoms with Gasteiger partial charge in [0.15, 0.2) is 5.69 Å². The zero-order valence-electron chi connectivity index (χ0n) is 15.6. The Hall–Kier alpha value is -4.34. The Bertz CT molecular complexity index is 1340. The molecule has 2 aromatic carbocycles. The summed E-state index contributed by atoms with van der Waals surface area (Å²) in [6, 6.07) is 12.5. The zero-order valence-corrected chi connectivity index (χ0v) is 15.6. The molecule has 4 aromatic rings. The summed E-state index contributed by atoms with van der Waals surface area (Å²) in [4.78, 5) is 36.8. The molecule has 30 heavy (non-hydrogen) atoms. The van der Waals surface area contributed by atoms with Crippen LogP contribution in [0.1, 0.15) is 26.5 Å². The quantitative estimate of drug-likeness (QED) is 0.447. The number of hydrazine groups is 1. The second-order valence-electron chi connectivity index (χ2n) is 6.36. The monoisotopic (exact) mass is 406 g/mol. The molecule has 0 aliphatic heterocycles. The van der Waals surface area contributed by atoms with Gasteiger partial charge in [-0.25, -0.2) is 14.2 Å². The number of H-pyrrole nitrogens is 1. The van der Waals surface area contributed by atoms with Crippen LogP contribution in [0.3, 0.4) is 0 Å². The topological polar surface area (TPSA) is 122 Å². The molecular weight excluding hydrogens is 391 g/mol. The Morgan fingerprint density at radius 1 is 1.00 bits per heavy atom. The number of fused-ring (bicyclic) bond motifs is 1. The van der Waals surface area contributed by atoms with Crippen LogP contribution in [0.25, 0.3) is 16.5 Å². The minimum absolute atomic E-state index is 0.0516. The van der Waals surface area contributed by atoms with E-state index in [0.717, 1.165) is 0 Å². The van der Waals surface area contributed by atoms with Crippen LogP contribution in [0.2, 0.25) is 0 Å². The number of nitrogens with one attached hydrogen (secondary N) is 3. The number of carbonyl (C=O) groups excluding carboxylic acids is 2. The van der Waals surface area contributed by atoms with Gasteiger partial charge < -0.3 is 0 Å². The molecule has 150 valence electrons. The molecule has 2 heterocycles. The molecule has 0 aliphatic carbocycles. The zero-order chi connectivity index (χ0) is 21.3. The lowest BCUT2D eigenvalue weighted by Gasteiger charge is -2.09. The summed E-state index contributed by atoms with van der Waals surface area (Å²) in [6.45, 7) is 1.60. The molecule has 0 atom stereocenters. The number of aromatic nitrogens is 4. The highest BCUT2D eigenvalue weighted by atomic mass is 19.1. The molecule has 0 fully saturated rings. The summed E-state index contributed by atoms with van der Waals surface area (Å²) in [5.74, 6) is -1.84. The molecule has 0 bridgehead atoms. The lowest BCUT2D eigenvalue weighted by Crippen LogP contribution is -2.42. The summed E-state index contributed by atoms with van der Waals surface area (Å²) in [5.41, 5.74) is 4.80. The number of aromatic amines is 1. The van der Waals surface area contributed by atoms with Crippen molar-refractivity contribution in [1.82, 2.24) is 30.8 Å². The number of rotatable bonds is 3. The maximum Gasteiger partial charge on any atom is 0.290 e. The predicted molar refractivity (Wildman–Crippen MR) is 106 cm³/mol. The largest absolute Gasteiger partial charge is 0.290 e. The maximum absolute atomic E-state index is 14.0. The maximum atomic E-state index is 14.0. The molecule has 9 nitrogen and oxygen atoms in total. The lowest BCUT2D eigenvalue weighted by atomic mass is 10.1. The molecule has 0 saturated carbocycles. The molecule has 0 spiro atoms. The standard InChI is InChI=1S/C20H15FN6O3/c1-11-14(10-22-27(11)16-9-5-4-8-15(16)21)19(29)25-26-20(30)17-12-6-2-3-7-13(12)18(28)24-23-17/h2-10H,1H3,(H,24,28)(H,25,29)(H,26,30). The van der Waals surface area contributed by atoms with Gasteiger partial charge in [-0.2, -0.15) is 10.2 Å². The Morgan fingerprint density at radius 2 is 1.67 bits per heavy atom. The van der Waals surface area contributed by atoms with Crippen LogP contribution in [0.5, 0.6) is 0 Å². The Labute approximate surface area is 168 Å². The molecule has 2 aromatic heterocycles. The smallest absolute Gasteiger partial charge is 0.267 e. The molecule has 0 radical (unpaired) electrons. The normalized spacial score (nSPS) is 10.7. The van der Waals surface area contributed by atoms with Gasteiger partial charge in [-0.05, 0) is 25.1 Å². The molecule has 0 aliphatic rings. The third-order valence-electron chi connectivity index (χ3n) is 4.54. The van der Waals surface area contributed by atoms with Gasteiger partial charge in [0, 0.05) is 5.39 Å². The van der Waals surface area contributed by atoms with E-state index >= 15 is 0 Å². The fraction of sp³-hybridized carbons (Fsp3) is 0.0500. The van der Waals surface area contributed by atoms with Gasteiger partial charge in [-0.3, -0.25) is 25.2 Å². The van der Waals surface area contributed by atoms with Crippen molar-refractivity contribution in [3.63, 3.8) is 0 Å². The fourth-order valence-electron chi connectivity index (χ4n) is 3.03. The van der Waals surface area contributed by atoms with Crippen molar-refractivity contribution in [2.45, 2.75) is 6.92 Å². The van der Waals surface area contributed by atoms with Crippen LogP contribution in [-0.2, 0) is 0 Å². The van der Waals surface area contributed by atoms with Crippen molar-refractivity contribution >= 4 is 22.6 Å². The van der Waals surface area contributed by atoms with Crippen molar-refractivity contribution in [1.29, 1.82) is 0 Å². The van der Waals surface area contributed by atoms with E-state index in [-0.39, 0.29) is 16.9 Å². The summed E-state index contributed by atoms with van der Waals surface area (Å²) < 4.78 is 15.3. The van der Waals surface area contributed by atoms with Gasteiger partial charge in [-0.1, -0.05) is 30.3 Å². The van der Waals surface area contributed by atoms with E-state index in [4.69, 9.17) is 0 Å². The highest BCUT2D eigenvalue weighted by Crippen LogP contribution is 2.17. The number of hydrogen-bond donors (Lipinski definition) is 3. The predicted octanol–water partition coefficient (Wildman–Crippen LogP) is 1.63. The van der Waals surface area contributed by atoms with Gasteiger partial charge in [0.25, 0.3) is 17.4 Å². The first kappa shape index (κ1) is 19.0. The molecule has 3 N–H and O–H groups in total.